The van der Waals surface area contributed by atoms with E-state index in [0.717, 1.165) is 50.7 Å². The Morgan fingerprint density at radius 3 is 2.82 bits per heavy atom. The lowest BCUT2D eigenvalue weighted by molar-refractivity contribution is 0.275. The van der Waals surface area contributed by atoms with Gasteiger partial charge >= 0.3 is 0 Å². The second kappa shape index (κ2) is 12.6. The van der Waals surface area contributed by atoms with E-state index >= 15 is 0 Å². The summed E-state index contributed by atoms with van der Waals surface area (Å²) in [4.78, 5) is 9.75. The van der Waals surface area contributed by atoms with Crippen molar-refractivity contribution >= 4 is 5.96 Å². The molecule has 1 saturated heterocycles. The third-order valence-corrected chi connectivity index (χ3v) is 5.18. The molecule has 0 aliphatic carbocycles. The molecule has 0 unspecified atom stereocenters. The first-order chi connectivity index (χ1) is 13.6. The molecule has 0 amide bonds. The van der Waals surface area contributed by atoms with Gasteiger partial charge in [0.2, 0.25) is 0 Å². The van der Waals surface area contributed by atoms with Crippen molar-refractivity contribution in [2.75, 3.05) is 66.5 Å². The number of guanidine groups is 1. The molecule has 0 saturated carbocycles. The van der Waals surface area contributed by atoms with Crippen molar-refractivity contribution in [3.05, 3.63) is 29.3 Å². The minimum atomic E-state index is 0.837. The van der Waals surface area contributed by atoms with Gasteiger partial charge in [0.25, 0.3) is 0 Å². The van der Waals surface area contributed by atoms with Gasteiger partial charge in [-0.2, -0.15) is 0 Å². The molecule has 2 rings (SSSR count). The molecule has 1 aliphatic heterocycles. The third-order valence-electron chi connectivity index (χ3n) is 5.18. The summed E-state index contributed by atoms with van der Waals surface area (Å²) in [5.74, 6) is 1.86. The minimum Gasteiger partial charge on any atom is -0.496 e. The Balaban J connectivity index is 1.75. The Morgan fingerprint density at radius 2 is 2.04 bits per heavy atom. The molecule has 0 radical (unpaired) electrons. The Bertz CT molecular complexity index is 605. The molecule has 1 heterocycles. The highest BCUT2D eigenvalue weighted by Gasteiger charge is 2.11. The van der Waals surface area contributed by atoms with E-state index in [1.807, 2.05) is 6.07 Å². The van der Waals surface area contributed by atoms with Crippen molar-refractivity contribution in [3.8, 4) is 5.75 Å². The zero-order chi connectivity index (χ0) is 20.2. The lowest BCUT2D eigenvalue weighted by Crippen LogP contribution is -2.38. The minimum absolute atomic E-state index is 0.837. The van der Waals surface area contributed by atoms with Crippen molar-refractivity contribution in [1.82, 2.24) is 20.4 Å². The van der Waals surface area contributed by atoms with E-state index in [1.54, 1.807) is 7.11 Å². The standard InChI is InChI=1S/C22H39N5O/c1-5-23-22(24-11-6-14-27-15-7-13-26(3)16-17-27)25-12-10-20-18-19(2)8-9-21(20)28-4/h8-9,18H,5-7,10-17H2,1-4H3,(H2,23,24,25). The number of likely N-dealkylation sites (N-methyl/N-ethyl adjacent to an activating group) is 1. The van der Waals surface area contributed by atoms with Gasteiger partial charge in [-0.25, -0.2) is 0 Å². The van der Waals surface area contributed by atoms with Crippen LogP contribution in [0.4, 0.5) is 0 Å². The average Bonchev–Trinajstić information content (AvgIpc) is 2.89. The van der Waals surface area contributed by atoms with E-state index in [4.69, 9.17) is 9.73 Å². The van der Waals surface area contributed by atoms with Crippen LogP contribution in [0.15, 0.2) is 23.2 Å². The summed E-state index contributed by atoms with van der Waals surface area (Å²) < 4.78 is 5.48. The number of hydrogen-bond acceptors (Lipinski definition) is 4. The van der Waals surface area contributed by atoms with Gasteiger partial charge < -0.3 is 25.2 Å². The molecule has 1 fully saturated rings. The van der Waals surface area contributed by atoms with Gasteiger partial charge in [0.05, 0.1) is 7.11 Å². The highest BCUT2D eigenvalue weighted by molar-refractivity contribution is 5.79. The summed E-state index contributed by atoms with van der Waals surface area (Å²) in [5, 5.41) is 6.81. The molecule has 0 atom stereocenters. The number of aliphatic imine (C=N–C) groups is 1. The fourth-order valence-electron chi connectivity index (χ4n) is 3.57. The molecular weight excluding hydrogens is 350 g/mol. The monoisotopic (exact) mass is 389 g/mol. The first-order valence-corrected chi connectivity index (χ1v) is 10.7. The topological polar surface area (TPSA) is 52.1 Å². The number of rotatable bonds is 9. The van der Waals surface area contributed by atoms with Crippen LogP contribution in [0.5, 0.6) is 5.75 Å². The van der Waals surface area contributed by atoms with Crippen LogP contribution in [-0.4, -0.2) is 82.3 Å². The molecule has 6 heteroatoms. The van der Waals surface area contributed by atoms with Gasteiger partial charge in [-0.15, -0.1) is 0 Å². The number of benzene rings is 1. The van der Waals surface area contributed by atoms with Gasteiger partial charge in [-0.3, -0.25) is 4.99 Å². The molecular formula is C22H39N5O. The number of hydrogen-bond donors (Lipinski definition) is 2. The second-order valence-corrected chi connectivity index (χ2v) is 7.60. The summed E-state index contributed by atoms with van der Waals surface area (Å²) in [6.07, 6.45) is 3.29. The van der Waals surface area contributed by atoms with Crippen molar-refractivity contribution < 1.29 is 4.74 Å². The Kier molecular flexibility index (Phi) is 10.1. The summed E-state index contributed by atoms with van der Waals surface area (Å²) in [6.45, 7) is 12.7. The largest absolute Gasteiger partial charge is 0.496 e. The summed E-state index contributed by atoms with van der Waals surface area (Å²) in [5.41, 5.74) is 2.49. The first kappa shape index (κ1) is 22.5. The molecule has 158 valence electrons. The lowest BCUT2D eigenvalue weighted by atomic mass is 10.1. The van der Waals surface area contributed by atoms with Crippen LogP contribution in [0.3, 0.4) is 0 Å². The maximum absolute atomic E-state index is 5.48. The fourth-order valence-corrected chi connectivity index (χ4v) is 3.57. The molecule has 0 aromatic heterocycles. The van der Waals surface area contributed by atoms with Crippen LogP contribution >= 0.6 is 0 Å². The van der Waals surface area contributed by atoms with E-state index in [-0.39, 0.29) is 0 Å². The van der Waals surface area contributed by atoms with E-state index in [9.17, 15) is 0 Å². The molecule has 1 aromatic carbocycles. The summed E-state index contributed by atoms with van der Waals surface area (Å²) in [7, 11) is 3.95. The summed E-state index contributed by atoms with van der Waals surface area (Å²) in [6, 6.07) is 6.33. The average molecular weight is 390 g/mol. The van der Waals surface area contributed by atoms with E-state index in [1.165, 1.54) is 43.7 Å². The second-order valence-electron chi connectivity index (χ2n) is 7.60. The molecule has 28 heavy (non-hydrogen) atoms. The number of nitrogens with zero attached hydrogens (tertiary/aromatic N) is 3. The van der Waals surface area contributed by atoms with E-state index < -0.39 is 0 Å². The van der Waals surface area contributed by atoms with E-state index in [2.05, 4.69) is 53.5 Å². The molecule has 0 bridgehead atoms. The normalized spacial score (nSPS) is 16.6. The van der Waals surface area contributed by atoms with Gasteiger partial charge in [-0.05, 0) is 71.4 Å². The van der Waals surface area contributed by atoms with Crippen LogP contribution in [-0.2, 0) is 6.42 Å². The molecule has 0 spiro atoms. The van der Waals surface area contributed by atoms with Crippen LogP contribution < -0.4 is 15.4 Å². The van der Waals surface area contributed by atoms with Gasteiger partial charge in [0.1, 0.15) is 5.75 Å². The van der Waals surface area contributed by atoms with Crippen LogP contribution in [0, 0.1) is 6.92 Å². The van der Waals surface area contributed by atoms with Crippen LogP contribution in [0.2, 0.25) is 0 Å². The third kappa shape index (κ3) is 8.07. The quantitative estimate of drug-likeness (QED) is 0.385. The SMILES string of the molecule is CCNC(=NCCCN1CCCN(C)CC1)NCCc1cc(C)ccc1OC. The predicted octanol–water partition coefficient (Wildman–Crippen LogP) is 2.13. The highest BCUT2D eigenvalue weighted by Crippen LogP contribution is 2.19. The molecule has 2 N–H and O–H groups in total. The van der Waals surface area contributed by atoms with Crippen LogP contribution in [0.25, 0.3) is 0 Å². The smallest absolute Gasteiger partial charge is 0.191 e. The van der Waals surface area contributed by atoms with Crippen molar-refractivity contribution in [3.63, 3.8) is 0 Å². The van der Waals surface area contributed by atoms with E-state index in [0.29, 0.717) is 0 Å². The van der Waals surface area contributed by atoms with Crippen molar-refractivity contribution in [2.24, 2.45) is 4.99 Å². The Hall–Kier alpha value is -1.79. The summed E-state index contributed by atoms with van der Waals surface area (Å²) >= 11 is 0. The van der Waals surface area contributed by atoms with Crippen molar-refractivity contribution in [2.45, 2.75) is 33.1 Å². The predicted molar refractivity (Wildman–Crippen MR) is 119 cm³/mol. The van der Waals surface area contributed by atoms with Crippen LogP contribution in [0.1, 0.15) is 30.9 Å². The van der Waals surface area contributed by atoms with Gasteiger partial charge in [0.15, 0.2) is 5.96 Å². The maximum Gasteiger partial charge on any atom is 0.191 e. The number of methoxy groups -OCH3 is 1. The number of aryl methyl sites for hydroxylation is 1. The van der Waals surface area contributed by atoms with Gasteiger partial charge in [0, 0.05) is 32.7 Å². The van der Waals surface area contributed by atoms with Crippen molar-refractivity contribution in [1.29, 1.82) is 0 Å². The Labute approximate surface area is 171 Å². The fraction of sp³-hybridized carbons (Fsp3) is 0.682. The molecule has 1 aliphatic rings. The molecule has 1 aromatic rings. The highest BCUT2D eigenvalue weighted by atomic mass is 16.5. The zero-order valence-corrected chi connectivity index (χ0v) is 18.3. The number of ether oxygens (including phenoxy) is 1. The first-order valence-electron chi connectivity index (χ1n) is 10.7. The lowest BCUT2D eigenvalue weighted by Gasteiger charge is -2.19. The zero-order valence-electron chi connectivity index (χ0n) is 18.3. The maximum atomic E-state index is 5.48. The Morgan fingerprint density at radius 1 is 1.18 bits per heavy atom. The van der Waals surface area contributed by atoms with Gasteiger partial charge in [-0.1, -0.05) is 17.7 Å². The molecule has 6 nitrogen and oxygen atoms in total. The number of nitrogens with one attached hydrogen (secondary N) is 2.